The molecule has 9 heteroatoms. The van der Waals surface area contributed by atoms with Crippen LogP contribution in [0.15, 0.2) is 50.7 Å². The summed E-state index contributed by atoms with van der Waals surface area (Å²) in [6.45, 7) is 1.81. The maximum absolute atomic E-state index is 13.9. The first-order valence-electron chi connectivity index (χ1n) is 7.32. The molecule has 0 bridgehead atoms. The van der Waals surface area contributed by atoms with E-state index in [4.69, 9.17) is 0 Å². The smallest absolute Gasteiger partial charge is 0.262 e. The molecule has 1 aliphatic heterocycles. The molecule has 25 heavy (non-hydrogen) atoms. The fourth-order valence-corrected chi connectivity index (χ4v) is 4.66. The van der Waals surface area contributed by atoms with Gasteiger partial charge < -0.3 is 5.32 Å². The van der Waals surface area contributed by atoms with Gasteiger partial charge in [-0.2, -0.15) is 0 Å². The Labute approximate surface area is 157 Å². The van der Waals surface area contributed by atoms with Gasteiger partial charge in [-0.15, -0.1) is 11.8 Å². The quantitative estimate of drug-likeness (QED) is 0.747. The van der Waals surface area contributed by atoms with Gasteiger partial charge in [0.05, 0.1) is 16.3 Å². The second-order valence-electron chi connectivity index (χ2n) is 5.59. The van der Waals surface area contributed by atoms with Crippen LogP contribution in [-0.2, 0) is 14.8 Å². The number of carbonyl (C=O) groups excluding carboxylic acids is 1. The number of rotatable bonds is 3. The number of fused-ring (bicyclic) bond motifs is 1. The summed E-state index contributed by atoms with van der Waals surface area (Å²) in [7, 11) is -3.99. The molecule has 1 heterocycles. The van der Waals surface area contributed by atoms with E-state index in [9.17, 15) is 17.6 Å². The molecule has 132 valence electrons. The molecule has 0 saturated carbocycles. The lowest BCUT2D eigenvalue weighted by molar-refractivity contribution is -0.118. The fourth-order valence-electron chi connectivity index (χ4n) is 2.22. The van der Waals surface area contributed by atoms with E-state index in [0.29, 0.717) is 15.9 Å². The molecule has 0 unspecified atom stereocenters. The van der Waals surface area contributed by atoms with E-state index in [1.807, 2.05) is 6.92 Å². The molecule has 1 atom stereocenters. The van der Waals surface area contributed by atoms with E-state index in [1.54, 1.807) is 6.07 Å². The van der Waals surface area contributed by atoms with E-state index in [-0.39, 0.29) is 22.4 Å². The highest BCUT2D eigenvalue weighted by atomic mass is 79.9. The number of carbonyl (C=O) groups is 1. The van der Waals surface area contributed by atoms with Crippen molar-refractivity contribution in [3.63, 3.8) is 0 Å². The number of amides is 1. The minimum absolute atomic E-state index is 0.0518. The molecule has 1 amide bonds. The topological polar surface area (TPSA) is 75.3 Å². The maximum atomic E-state index is 13.9. The lowest BCUT2D eigenvalue weighted by Gasteiger charge is -2.12. The molecular weight excluding hydrogens is 431 g/mol. The minimum atomic E-state index is -3.99. The van der Waals surface area contributed by atoms with Crippen molar-refractivity contribution < 1.29 is 17.6 Å². The van der Waals surface area contributed by atoms with Crippen LogP contribution in [0.25, 0.3) is 0 Å². The Bertz CT molecular complexity index is 950. The van der Waals surface area contributed by atoms with Gasteiger partial charge in [0.15, 0.2) is 0 Å². The van der Waals surface area contributed by atoms with Crippen molar-refractivity contribution in [1.82, 2.24) is 0 Å². The van der Waals surface area contributed by atoms with E-state index in [0.717, 1.165) is 4.90 Å². The normalized spacial score (nSPS) is 17.4. The lowest BCUT2D eigenvalue weighted by Crippen LogP contribution is -2.20. The SMILES string of the molecule is C[C@@H]1CSc2ccc(S(=O)(=O)Nc3ccc(Br)cc3F)cc2NC1=O. The highest BCUT2D eigenvalue weighted by molar-refractivity contribution is 9.10. The molecule has 3 rings (SSSR count). The number of hydrogen-bond acceptors (Lipinski definition) is 4. The summed E-state index contributed by atoms with van der Waals surface area (Å²) in [5.41, 5.74) is 0.295. The Hall–Kier alpha value is -1.58. The van der Waals surface area contributed by atoms with Crippen LogP contribution in [0.5, 0.6) is 0 Å². The number of nitrogens with one attached hydrogen (secondary N) is 2. The monoisotopic (exact) mass is 444 g/mol. The van der Waals surface area contributed by atoms with Gasteiger partial charge >= 0.3 is 0 Å². The summed E-state index contributed by atoms with van der Waals surface area (Å²) >= 11 is 4.61. The van der Waals surface area contributed by atoms with Crippen LogP contribution in [0.2, 0.25) is 0 Å². The maximum Gasteiger partial charge on any atom is 0.262 e. The van der Waals surface area contributed by atoms with E-state index in [2.05, 4.69) is 26.0 Å². The summed E-state index contributed by atoms with van der Waals surface area (Å²) in [5, 5.41) is 2.74. The molecule has 0 saturated heterocycles. The van der Waals surface area contributed by atoms with Crippen LogP contribution in [0, 0.1) is 11.7 Å². The Morgan fingerprint density at radius 2 is 2.04 bits per heavy atom. The zero-order chi connectivity index (χ0) is 18.2. The third-order valence-electron chi connectivity index (χ3n) is 3.63. The van der Waals surface area contributed by atoms with Gasteiger partial charge in [-0.1, -0.05) is 22.9 Å². The van der Waals surface area contributed by atoms with Crippen molar-refractivity contribution in [2.45, 2.75) is 16.7 Å². The van der Waals surface area contributed by atoms with Crippen molar-refractivity contribution in [2.24, 2.45) is 5.92 Å². The molecule has 2 N–H and O–H groups in total. The van der Waals surface area contributed by atoms with Gasteiger partial charge in [0.25, 0.3) is 10.0 Å². The zero-order valence-corrected chi connectivity index (χ0v) is 16.3. The fraction of sp³-hybridized carbons (Fsp3) is 0.188. The molecule has 2 aromatic carbocycles. The zero-order valence-electron chi connectivity index (χ0n) is 13.0. The first-order valence-corrected chi connectivity index (χ1v) is 10.6. The van der Waals surface area contributed by atoms with E-state index < -0.39 is 15.8 Å². The number of sulfonamides is 1. The molecule has 1 aliphatic rings. The molecule has 5 nitrogen and oxygen atoms in total. The van der Waals surface area contributed by atoms with Crippen molar-refractivity contribution in [3.8, 4) is 0 Å². The Kier molecular flexibility index (Phi) is 5.08. The third-order valence-corrected chi connectivity index (χ3v) is 6.82. The van der Waals surface area contributed by atoms with Crippen molar-refractivity contribution >= 4 is 55.0 Å². The molecule has 2 aromatic rings. The van der Waals surface area contributed by atoms with E-state index >= 15 is 0 Å². The van der Waals surface area contributed by atoms with Crippen molar-refractivity contribution in [3.05, 3.63) is 46.7 Å². The molecule has 0 spiro atoms. The first kappa shape index (κ1) is 18.2. The van der Waals surface area contributed by atoms with Crippen LogP contribution in [0.4, 0.5) is 15.8 Å². The summed E-state index contributed by atoms with van der Waals surface area (Å²) in [4.78, 5) is 12.7. The van der Waals surface area contributed by atoms with Crippen LogP contribution >= 0.6 is 27.7 Å². The Morgan fingerprint density at radius 1 is 1.28 bits per heavy atom. The average Bonchev–Trinajstić information content (AvgIpc) is 2.69. The Balaban J connectivity index is 1.93. The van der Waals surface area contributed by atoms with Gasteiger partial charge in [0.2, 0.25) is 5.91 Å². The van der Waals surface area contributed by atoms with Gasteiger partial charge in [0, 0.05) is 21.0 Å². The second-order valence-corrected chi connectivity index (χ2v) is 9.25. The van der Waals surface area contributed by atoms with Gasteiger partial charge in [-0.05, 0) is 36.4 Å². The molecule has 0 radical (unpaired) electrons. The van der Waals surface area contributed by atoms with Crippen LogP contribution in [-0.4, -0.2) is 20.1 Å². The van der Waals surface area contributed by atoms with Gasteiger partial charge in [-0.3, -0.25) is 9.52 Å². The van der Waals surface area contributed by atoms with Crippen molar-refractivity contribution in [2.75, 3.05) is 15.8 Å². The number of thioether (sulfide) groups is 1. The number of halogens is 2. The standard InChI is InChI=1S/C16H14BrFN2O3S2/c1-9-8-24-15-5-3-11(7-14(15)19-16(9)21)25(22,23)20-13-4-2-10(17)6-12(13)18/h2-7,9,20H,8H2,1H3,(H,19,21)/t9-/m1/s1. The predicted molar refractivity (Wildman–Crippen MR) is 99.9 cm³/mol. The summed E-state index contributed by atoms with van der Waals surface area (Å²) in [5.74, 6) is -0.404. The highest BCUT2D eigenvalue weighted by Gasteiger charge is 2.23. The highest BCUT2D eigenvalue weighted by Crippen LogP contribution is 2.34. The number of hydrogen-bond donors (Lipinski definition) is 2. The van der Waals surface area contributed by atoms with Crippen molar-refractivity contribution in [1.29, 1.82) is 0 Å². The molecule has 0 aromatic heterocycles. The minimum Gasteiger partial charge on any atom is -0.325 e. The third kappa shape index (κ3) is 3.99. The first-order chi connectivity index (χ1) is 11.8. The van der Waals surface area contributed by atoms with Crippen LogP contribution < -0.4 is 10.0 Å². The van der Waals surface area contributed by atoms with Crippen LogP contribution in [0.3, 0.4) is 0 Å². The lowest BCUT2D eigenvalue weighted by atomic mass is 10.2. The van der Waals surface area contributed by atoms with Gasteiger partial charge in [-0.25, -0.2) is 12.8 Å². The average molecular weight is 445 g/mol. The predicted octanol–water partition coefficient (Wildman–Crippen LogP) is 4.07. The largest absolute Gasteiger partial charge is 0.325 e. The number of benzene rings is 2. The second kappa shape index (κ2) is 6.97. The van der Waals surface area contributed by atoms with Gasteiger partial charge in [0.1, 0.15) is 5.82 Å². The molecular formula is C16H14BrFN2O3S2. The number of anilines is 2. The molecule has 0 fully saturated rings. The summed E-state index contributed by atoms with van der Waals surface area (Å²) in [6.07, 6.45) is 0. The summed E-state index contributed by atoms with van der Waals surface area (Å²) < 4.78 is 41.7. The molecule has 0 aliphatic carbocycles. The summed E-state index contributed by atoms with van der Waals surface area (Å²) in [6, 6.07) is 8.51. The van der Waals surface area contributed by atoms with Crippen LogP contribution in [0.1, 0.15) is 6.92 Å². The van der Waals surface area contributed by atoms with E-state index in [1.165, 1.54) is 42.1 Å². The Morgan fingerprint density at radius 3 is 2.76 bits per heavy atom.